The van der Waals surface area contributed by atoms with Gasteiger partial charge in [0.25, 0.3) is 0 Å². The van der Waals surface area contributed by atoms with Crippen molar-refractivity contribution in [3.63, 3.8) is 0 Å². The lowest BCUT2D eigenvalue weighted by atomic mass is 9.83. The molecule has 19 heavy (non-hydrogen) atoms. The van der Waals surface area contributed by atoms with Crippen LogP contribution < -0.4 is 5.32 Å². The van der Waals surface area contributed by atoms with Gasteiger partial charge in [-0.15, -0.1) is 0 Å². The molecular weight excluding hydrogens is 238 g/mol. The van der Waals surface area contributed by atoms with Gasteiger partial charge in [-0.05, 0) is 37.7 Å². The van der Waals surface area contributed by atoms with Gasteiger partial charge in [0, 0.05) is 25.0 Å². The monoisotopic (exact) mass is 265 g/mol. The Bertz CT molecular complexity index is 331. The van der Waals surface area contributed by atoms with Crippen molar-refractivity contribution < 1.29 is 5.11 Å². The fraction of sp³-hybridized carbons (Fsp3) is 0.800. The van der Waals surface area contributed by atoms with Crippen LogP contribution in [0.3, 0.4) is 0 Å². The van der Waals surface area contributed by atoms with Gasteiger partial charge >= 0.3 is 0 Å². The Kier molecular flexibility index (Phi) is 5.86. The number of hydrogen-bond donors (Lipinski definition) is 2. The molecule has 1 aliphatic rings. The van der Waals surface area contributed by atoms with Crippen molar-refractivity contribution >= 4 is 0 Å². The molecule has 2 N–H and O–H groups in total. The molecule has 0 radical (unpaired) electrons. The van der Waals surface area contributed by atoms with Gasteiger partial charge in [-0.3, -0.25) is 4.68 Å². The predicted molar refractivity (Wildman–Crippen MR) is 76.9 cm³/mol. The molecule has 1 aromatic rings. The molecule has 1 heterocycles. The van der Waals surface area contributed by atoms with Crippen LogP contribution in [0.4, 0.5) is 0 Å². The summed E-state index contributed by atoms with van der Waals surface area (Å²) in [6.07, 6.45) is 11.2. The molecule has 1 unspecified atom stereocenters. The van der Waals surface area contributed by atoms with Crippen LogP contribution in [0.1, 0.15) is 45.4 Å². The number of aliphatic hydroxyl groups is 1. The molecule has 0 bridgehead atoms. The first kappa shape index (κ1) is 14.5. The Morgan fingerprint density at radius 3 is 2.79 bits per heavy atom. The quantitative estimate of drug-likeness (QED) is 0.794. The van der Waals surface area contributed by atoms with Crippen molar-refractivity contribution in [3.05, 3.63) is 18.5 Å². The van der Waals surface area contributed by atoms with Crippen LogP contribution in [-0.4, -0.2) is 33.6 Å². The first-order valence-electron chi connectivity index (χ1n) is 7.66. The summed E-state index contributed by atoms with van der Waals surface area (Å²) in [7, 11) is 0. The van der Waals surface area contributed by atoms with E-state index in [9.17, 15) is 5.11 Å². The minimum Gasteiger partial charge on any atom is -0.390 e. The average Bonchev–Trinajstić information content (AvgIpc) is 2.91. The van der Waals surface area contributed by atoms with Crippen LogP contribution in [-0.2, 0) is 6.54 Å². The number of nitrogens with one attached hydrogen (secondary N) is 1. The minimum absolute atomic E-state index is 0.353. The van der Waals surface area contributed by atoms with Crippen LogP contribution >= 0.6 is 0 Å². The minimum atomic E-state index is -0.353. The zero-order valence-electron chi connectivity index (χ0n) is 12.0. The number of hydrogen-bond acceptors (Lipinski definition) is 3. The molecule has 108 valence electrons. The van der Waals surface area contributed by atoms with Crippen molar-refractivity contribution in [2.24, 2.45) is 5.92 Å². The first-order chi connectivity index (χ1) is 9.28. The van der Waals surface area contributed by atoms with Crippen molar-refractivity contribution in [2.75, 3.05) is 6.54 Å². The highest BCUT2D eigenvalue weighted by molar-refractivity contribution is 4.80. The van der Waals surface area contributed by atoms with Gasteiger partial charge < -0.3 is 10.4 Å². The summed E-state index contributed by atoms with van der Waals surface area (Å²) in [5.41, 5.74) is 0. The molecule has 0 aliphatic heterocycles. The standard InChI is InChI=1S/C15H27N3O/c1-2-4-13-5-7-14(8-6-13)16-11-15(19)12-18-10-3-9-17-18/h3,9-10,13-16,19H,2,4-8,11-12H2,1H3. The normalized spacial score (nSPS) is 25.4. The molecule has 4 nitrogen and oxygen atoms in total. The molecule has 0 amide bonds. The van der Waals surface area contributed by atoms with E-state index >= 15 is 0 Å². The van der Waals surface area contributed by atoms with E-state index in [0.717, 1.165) is 5.92 Å². The van der Waals surface area contributed by atoms with E-state index in [1.165, 1.54) is 38.5 Å². The molecular formula is C15H27N3O. The summed E-state index contributed by atoms with van der Waals surface area (Å²) in [5, 5.41) is 17.6. The summed E-state index contributed by atoms with van der Waals surface area (Å²) in [6.45, 7) is 3.52. The molecule has 1 aromatic heterocycles. The summed E-state index contributed by atoms with van der Waals surface area (Å²) < 4.78 is 1.78. The molecule has 0 spiro atoms. The fourth-order valence-corrected chi connectivity index (χ4v) is 3.06. The van der Waals surface area contributed by atoms with E-state index in [2.05, 4.69) is 17.3 Å². The van der Waals surface area contributed by atoms with E-state index in [4.69, 9.17) is 0 Å². The maximum absolute atomic E-state index is 9.96. The van der Waals surface area contributed by atoms with E-state index in [-0.39, 0.29) is 6.10 Å². The predicted octanol–water partition coefficient (Wildman–Crippen LogP) is 2.19. The fourth-order valence-electron chi connectivity index (χ4n) is 3.06. The second-order valence-corrected chi connectivity index (χ2v) is 5.80. The Morgan fingerprint density at radius 1 is 1.37 bits per heavy atom. The van der Waals surface area contributed by atoms with E-state index < -0.39 is 0 Å². The van der Waals surface area contributed by atoms with Gasteiger partial charge in [-0.1, -0.05) is 19.8 Å². The van der Waals surface area contributed by atoms with Crippen LogP contribution in [0.5, 0.6) is 0 Å². The largest absolute Gasteiger partial charge is 0.390 e. The smallest absolute Gasteiger partial charge is 0.0860 e. The van der Waals surface area contributed by atoms with Gasteiger partial charge in [0.2, 0.25) is 0 Å². The van der Waals surface area contributed by atoms with E-state index in [1.54, 1.807) is 10.9 Å². The van der Waals surface area contributed by atoms with Gasteiger partial charge in [0.15, 0.2) is 0 Å². The topological polar surface area (TPSA) is 50.1 Å². The molecule has 0 saturated heterocycles. The Labute approximate surface area is 116 Å². The van der Waals surface area contributed by atoms with Gasteiger partial charge in [-0.25, -0.2) is 0 Å². The van der Waals surface area contributed by atoms with Gasteiger partial charge in [-0.2, -0.15) is 5.10 Å². The lowest BCUT2D eigenvalue weighted by molar-refractivity contribution is 0.137. The van der Waals surface area contributed by atoms with Crippen molar-refractivity contribution in [1.82, 2.24) is 15.1 Å². The van der Waals surface area contributed by atoms with E-state index in [0.29, 0.717) is 19.1 Å². The van der Waals surface area contributed by atoms with Crippen molar-refractivity contribution in [3.8, 4) is 0 Å². The molecule has 2 rings (SSSR count). The third-order valence-corrected chi connectivity index (χ3v) is 4.14. The highest BCUT2D eigenvalue weighted by Gasteiger charge is 2.20. The van der Waals surface area contributed by atoms with Crippen LogP contribution in [0.2, 0.25) is 0 Å². The third-order valence-electron chi connectivity index (χ3n) is 4.14. The second kappa shape index (κ2) is 7.65. The Morgan fingerprint density at radius 2 is 2.16 bits per heavy atom. The van der Waals surface area contributed by atoms with Crippen molar-refractivity contribution in [1.29, 1.82) is 0 Å². The molecule has 1 aliphatic carbocycles. The highest BCUT2D eigenvalue weighted by atomic mass is 16.3. The lowest BCUT2D eigenvalue weighted by Crippen LogP contribution is -2.39. The Balaban J connectivity index is 1.61. The average molecular weight is 265 g/mol. The first-order valence-corrected chi connectivity index (χ1v) is 7.66. The molecule has 4 heteroatoms. The summed E-state index contributed by atoms with van der Waals surface area (Å²) in [5.74, 6) is 0.942. The maximum atomic E-state index is 9.96. The SMILES string of the molecule is CCCC1CCC(NCC(O)Cn2cccn2)CC1. The number of rotatable bonds is 7. The highest BCUT2D eigenvalue weighted by Crippen LogP contribution is 2.27. The zero-order valence-corrected chi connectivity index (χ0v) is 12.0. The van der Waals surface area contributed by atoms with Gasteiger partial charge in [0.05, 0.1) is 12.6 Å². The second-order valence-electron chi connectivity index (χ2n) is 5.80. The molecule has 1 atom stereocenters. The van der Waals surface area contributed by atoms with Crippen molar-refractivity contribution in [2.45, 2.75) is 64.1 Å². The Hall–Kier alpha value is -0.870. The van der Waals surface area contributed by atoms with Gasteiger partial charge in [0.1, 0.15) is 0 Å². The number of aliphatic hydroxyl groups excluding tert-OH is 1. The van der Waals surface area contributed by atoms with Crippen LogP contribution in [0.25, 0.3) is 0 Å². The molecule has 1 fully saturated rings. The molecule has 1 saturated carbocycles. The number of aromatic nitrogens is 2. The summed E-state index contributed by atoms with van der Waals surface area (Å²) in [6, 6.07) is 2.48. The zero-order chi connectivity index (χ0) is 13.5. The van der Waals surface area contributed by atoms with Crippen LogP contribution in [0.15, 0.2) is 18.5 Å². The third kappa shape index (κ3) is 4.96. The number of nitrogens with zero attached hydrogens (tertiary/aromatic N) is 2. The van der Waals surface area contributed by atoms with E-state index in [1.807, 2.05) is 12.3 Å². The lowest BCUT2D eigenvalue weighted by Gasteiger charge is -2.29. The van der Waals surface area contributed by atoms with Crippen LogP contribution in [0, 0.1) is 5.92 Å². The summed E-state index contributed by atoms with van der Waals surface area (Å²) >= 11 is 0. The maximum Gasteiger partial charge on any atom is 0.0860 e. The summed E-state index contributed by atoms with van der Waals surface area (Å²) in [4.78, 5) is 0. The molecule has 0 aromatic carbocycles.